The maximum atomic E-state index is 13.7. The molecular weight excluding hydrogens is 447 g/mol. The average Bonchev–Trinajstić information content (AvgIpc) is 3.20. The Morgan fingerprint density at radius 2 is 1.93 bits per heavy atom. The quantitative estimate of drug-likeness (QED) is 0.611. The number of piperidine rings is 1. The normalized spacial score (nSPS) is 25.2. The van der Waals surface area contributed by atoms with Gasteiger partial charge < -0.3 is 9.32 Å². The van der Waals surface area contributed by atoms with Gasteiger partial charge in [-0.15, -0.1) is 6.58 Å². The summed E-state index contributed by atoms with van der Waals surface area (Å²) in [5.74, 6) is 0.217. The minimum atomic E-state index is -4.01. The van der Waals surface area contributed by atoms with E-state index in [2.05, 4.69) is 6.58 Å². The van der Waals surface area contributed by atoms with Crippen LogP contribution in [-0.4, -0.2) is 42.2 Å². The molecule has 6 nitrogen and oxygen atoms in total. The molecule has 0 aliphatic carbocycles. The van der Waals surface area contributed by atoms with Crippen LogP contribution in [0.15, 0.2) is 58.6 Å². The molecule has 0 unspecified atom stereocenters. The van der Waals surface area contributed by atoms with Crippen LogP contribution < -0.4 is 0 Å². The van der Waals surface area contributed by atoms with Crippen molar-refractivity contribution >= 4 is 39.1 Å². The molecule has 0 spiro atoms. The number of furan rings is 1. The number of benzene rings is 1. The summed E-state index contributed by atoms with van der Waals surface area (Å²) in [6.45, 7) is 4.59. The van der Waals surface area contributed by atoms with Gasteiger partial charge in [0.15, 0.2) is 0 Å². The molecule has 0 N–H and O–H groups in total. The first-order valence-electron chi connectivity index (χ1n) is 9.74. The molecule has 160 valence electrons. The molecule has 2 aliphatic rings. The number of rotatable bonds is 5. The molecule has 3 atom stereocenters. The van der Waals surface area contributed by atoms with Crippen LogP contribution in [-0.2, 0) is 21.4 Å². The predicted octanol–water partition coefficient (Wildman–Crippen LogP) is 4.34. The van der Waals surface area contributed by atoms with Crippen molar-refractivity contribution in [1.82, 2.24) is 9.21 Å². The lowest BCUT2D eigenvalue weighted by Crippen LogP contribution is -2.54. The third-order valence-electron chi connectivity index (χ3n) is 5.77. The van der Waals surface area contributed by atoms with Crippen LogP contribution >= 0.6 is 23.2 Å². The van der Waals surface area contributed by atoms with Crippen LogP contribution in [0.4, 0.5) is 0 Å². The number of nitrogens with zero attached hydrogens (tertiary/aromatic N) is 2. The van der Waals surface area contributed by atoms with E-state index in [0.717, 1.165) is 6.42 Å². The van der Waals surface area contributed by atoms with E-state index < -0.39 is 16.1 Å². The summed E-state index contributed by atoms with van der Waals surface area (Å²) < 4.78 is 34.1. The second-order valence-electron chi connectivity index (χ2n) is 7.65. The zero-order chi connectivity index (χ0) is 21.5. The molecule has 2 bridgehead atoms. The minimum Gasteiger partial charge on any atom is -0.467 e. The van der Waals surface area contributed by atoms with Crippen LogP contribution in [0.25, 0.3) is 0 Å². The van der Waals surface area contributed by atoms with E-state index in [1.165, 1.54) is 22.5 Å². The zero-order valence-electron chi connectivity index (χ0n) is 16.2. The Morgan fingerprint density at radius 1 is 1.20 bits per heavy atom. The fourth-order valence-electron chi connectivity index (χ4n) is 4.43. The Hall–Kier alpha value is -1.80. The summed E-state index contributed by atoms with van der Waals surface area (Å²) >= 11 is 12.1. The van der Waals surface area contributed by atoms with E-state index in [1.807, 2.05) is 0 Å². The molecule has 3 heterocycles. The van der Waals surface area contributed by atoms with Crippen LogP contribution in [0.1, 0.15) is 25.0 Å². The Balaban J connectivity index is 1.77. The number of fused-ring (bicyclic) bond motifs is 2. The number of halogens is 2. The second kappa shape index (κ2) is 8.38. The van der Waals surface area contributed by atoms with Crippen molar-refractivity contribution in [3.63, 3.8) is 0 Å². The zero-order valence-corrected chi connectivity index (χ0v) is 18.5. The SMILES string of the molecule is C=C[C@@H]1CN(Cc2ccco2)C(=O)[C@@H]2CCC[C@H]1N2S(=O)(=O)c1cc(Cl)cc(Cl)c1. The Labute approximate surface area is 186 Å². The first kappa shape index (κ1) is 21.4. The summed E-state index contributed by atoms with van der Waals surface area (Å²) in [4.78, 5) is 15.1. The van der Waals surface area contributed by atoms with E-state index in [1.54, 1.807) is 29.4 Å². The highest BCUT2D eigenvalue weighted by Crippen LogP contribution is 2.38. The van der Waals surface area contributed by atoms with Crippen molar-refractivity contribution < 1.29 is 17.6 Å². The molecule has 30 heavy (non-hydrogen) atoms. The minimum absolute atomic E-state index is 0.00741. The van der Waals surface area contributed by atoms with Crippen molar-refractivity contribution in [2.45, 2.75) is 42.8 Å². The van der Waals surface area contributed by atoms with Gasteiger partial charge in [-0.2, -0.15) is 4.31 Å². The van der Waals surface area contributed by atoms with Crippen molar-refractivity contribution in [3.8, 4) is 0 Å². The molecular formula is C21H22Cl2N2O4S. The van der Waals surface area contributed by atoms with Crippen molar-refractivity contribution in [3.05, 3.63) is 65.1 Å². The molecule has 2 aliphatic heterocycles. The van der Waals surface area contributed by atoms with Gasteiger partial charge in [0.25, 0.3) is 0 Å². The van der Waals surface area contributed by atoms with E-state index >= 15 is 0 Å². The first-order valence-corrected chi connectivity index (χ1v) is 11.9. The Morgan fingerprint density at radius 3 is 2.57 bits per heavy atom. The van der Waals surface area contributed by atoms with Crippen LogP contribution in [0.5, 0.6) is 0 Å². The highest BCUT2D eigenvalue weighted by Gasteiger charge is 2.49. The van der Waals surface area contributed by atoms with E-state index in [-0.39, 0.29) is 39.4 Å². The fraction of sp³-hybridized carbons (Fsp3) is 0.381. The summed E-state index contributed by atoms with van der Waals surface area (Å²) in [5.41, 5.74) is 0. The van der Waals surface area contributed by atoms with Crippen molar-refractivity contribution in [1.29, 1.82) is 0 Å². The lowest BCUT2D eigenvalue weighted by molar-refractivity contribution is -0.135. The van der Waals surface area contributed by atoms with Gasteiger partial charge in [0.05, 0.1) is 17.7 Å². The van der Waals surface area contributed by atoms with Gasteiger partial charge in [0.2, 0.25) is 15.9 Å². The number of hydrogen-bond acceptors (Lipinski definition) is 4. The predicted molar refractivity (Wildman–Crippen MR) is 115 cm³/mol. The van der Waals surface area contributed by atoms with Gasteiger partial charge in [0.1, 0.15) is 11.8 Å². The number of hydrogen-bond donors (Lipinski definition) is 0. The molecule has 2 saturated heterocycles. The Bertz CT molecular complexity index is 1030. The summed E-state index contributed by atoms with van der Waals surface area (Å²) in [5, 5.41) is 0.458. The molecule has 9 heteroatoms. The van der Waals surface area contributed by atoms with E-state index in [4.69, 9.17) is 27.6 Å². The van der Waals surface area contributed by atoms with E-state index in [0.29, 0.717) is 25.1 Å². The molecule has 0 saturated carbocycles. The number of amides is 1. The van der Waals surface area contributed by atoms with E-state index in [9.17, 15) is 13.2 Å². The fourth-order valence-corrected chi connectivity index (χ4v) is 7.03. The Kier molecular flexibility index (Phi) is 5.99. The van der Waals surface area contributed by atoms with Gasteiger partial charge >= 0.3 is 0 Å². The smallest absolute Gasteiger partial charge is 0.244 e. The topological polar surface area (TPSA) is 70.8 Å². The molecule has 1 aromatic carbocycles. The lowest BCUT2D eigenvalue weighted by atomic mass is 9.90. The van der Waals surface area contributed by atoms with Crippen molar-refractivity contribution in [2.75, 3.05) is 6.54 Å². The van der Waals surface area contributed by atoms with Crippen LogP contribution in [0, 0.1) is 5.92 Å². The van der Waals surface area contributed by atoms with Gasteiger partial charge in [-0.1, -0.05) is 29.3 Å². The lowest BCUT2D eigenvalue weighted by Gasteiger charge is -2.40. The van der Waals surface area contributed by atoms with Crippen LogP contribution in [0.3, 0.4) is 0 Å². The molecule has 1 amide bonds. The maximum absolute atomic E-state index is 13.7. The third-order valence-corrected chi connectivity index (χ3v) is 8.12. The van der Waals surface area contributed by atoms with Gasteiger partial charge in [-0.25, -0.2) is 8.42 Å². The van der Waals surface area contributed by atoms with Gasteiger partial charge in [-0.3, -0.25) is 4.79 Å². The molecule has 1 aromatic heterocycles. The largest absolute Gasteiger partial charge is 0.467 e. The van der Waals surface area contributed by atoms with Gasteiger partial charge in [0, 0.05) is 28.5 Å². The van der Waals surface area contributed by atoms with Crippen molar-refractivity contribution in [2.24, 2.45) is 5.92 Å². The summed E-state index contributed by atoms with van der Waals surface area (Å²) in [7, 11) is -4.01. The first-order chi connectivity index (χ1) is 14.3. The van der Waals surface area contributed by atoms with Gasteiger partial charge in [-0.05, 0) is 49.6 Å². The maximum Gasteiger partial charge on any atom is 0.244 e. The summed E-state index contributed by atoms with van der Waals surface area (Å²) in [6.07, 6.45) is 5.18. The summed E-state index contributed by atoms with van der Waals surface area (Å²) in [6, 6.07) is 6.64. The standard InChI is InChI=1S/C21H22Cl2N2O4S/c1-2-14-12-24(13-17-5-4-8-29-17)21(26)20-7-3-6-19(14)25(20)30(27,28)18-10-15(22)9-16(23)11-18/h2,4-5,8-11,14,19-20H,1,3,6-7,12-13H2/t14-,19-,20+/m1/s1. The molecule has 2 aromatic rings. The average molecular weight is 469 g/mol. The monoisotopic (exact) mass is 468 g/mol. The molecule has 0 radical (unpaired) electrons. The number of carbonyl (C=O) groups is 1. The number of carbonyl (C=O) groups excluding carboxylic acids is 1. The number of sulfonamides is 1. The highest BCUT2D eigenvalue weighted by molar-refractivity contribution is 7.89. The highest BCUT2D eigenvalue weighted by atomic mass is 35.5. The molecule has 2 fully saturated rings. The second-order valence-corrected chi connectivity index (χ2v) is 10.4. The third kappa shape index (κ3) is 3.91. The molecule has 4 rings (SSSR count). The van der Waals surface area contributed by atoms with Crippen LogP contribution in [0.2, 0.25) is 10.0 Å².